The van der Waals surface area contributed by atoms with Gasteiger partial charge in [0.2, 0.25) is 0 Å². The van der Waals surface area contributed by atoms with Crippen molar-refractivity contribution in [3.05, 3.63) is 75.0 Å². The summed E-state index contributed by atoms with van der Waals surface area (Å²) in [7, 11) is 0. The standard InChI is InChI=1S/C18H14Cl2N4S/c19-13-5-3-11(4-6-13)9-23-18-24-16(20)15(25-18)8-12-10-22-17-14(12)2-1-7-21-17/h1-7,10H,8-9H2,(H,21,22)(H,23,24). The molecular weight excluding hydrogens is 375 g/mol. The normalized spacial score (nSPS) is 11.1. The van der Waals surface area contributed by atoms with Crippen LogP contribution < -0.4 is 5.32 Å². The number of benzene rings is 1. The molecule has 0 saturated carbocycles. The minimum Gasteiger partial charge on any atom is -0.357 e. The smallest absolute Gasteiger partial charge is 0.184 e. The maximum Gasteiger partial charge on any atom is 0.184 e. The molecule has 0 amide bonds. The Labute approximate surface area is 158 Å². The molecule has 0 aliphatic rings. The van der Waals surface area contributed by atoms with Crippen molar-refractivity contribution in [2.45, 2.75) is 13.0 Å². The molecule has 0 bridgehead atoms. The number of rotatable bonds is 5. The van der Waals surface area contributed by atoms with Crippen LogP contribution in [0.15, 0.2) is 48.8 Å². The van der Waals surface area contributed by atoms with E-state index in [1.807, 2.05) is 36.5 Å². The van der Waals surface area contributed by atoms with Gasteiger partial charge in [-0.1, -0.05) is 35.3 Å². The average molecular weight is 389 g/mol. The van der Waals surface area contributed by atoms with Crippen LogP contribution in [0.1, 0.15) is 16.0 Å². The number of aromatic nitrogens is 3. The molecule has 7 heteroatoms. The molecule has 25 heavy (non-hydrogen) atoms. The zero-order valence-electron chi connectivity index (χ0n) is 13.1. The Morgan fingerprint density at radius 1 is 1.12 bits per heavy atom. The van der Waals surface area contributed by atoms with Gasteiger partial charge in [-0.15, -0.1) is 11.3 Å². The van der Waals surface area contributed by atoms with Gasteiger partial charge in [-0.05, 0) is 35.4 Å². The minimum absolute atomic E-state index is 0.543. The molecule has 2 N–H and O–H groups in total. The number of pyridine rings is 1. The number of aromatic amines is 1. The van der Waals surface area contributed by atoms with E-state index in [1.54, 1.807) is 17.5 Å². The van der Waals surface area contributed by atoms with Crippen LogP contribution in [0.25, 0.3) is 11.0 Å². The molecule has 3 heterocycles. The zero-order valence-corrected chi connectivity index (χ0v) is 15.4. The van der Waals surface area contributed by atoms with E-state index in [-0.39, 0.29) is 0 Å². The van der Waals surface area contributed by atoms with Crippen molar-refractivity contribution >= 4 is 50.7 Å². The van der Waals surface area contributed by atoms with E-state index in [1.165, 1.54) is 0 Å². The first kappa shape index (κ1) is 16.4. The molecule has 0 saturated heterocycles. The third-order valence-corrected chi connectivity index (χ3v) is 5.58. The predicted molar refractivity (Wildman–Crippen MR) is 105 cm³/mol. The predicted octanol–water partition coefficient (Wildman–Crippen LogP) is 5.53. The first-order chi connectivity index (χ1) is 12.2. The van der Waals surface area contributed by atoms with Crippen molar-refractivity contribution in [2.75, 3.05) is 5.32 Å². The quantitative estimate of drug-likeness (QED) is 0.472. The van der Waals surface area contributed by atoms with Gasteiger partial charge < -0.3 is 10.3 Å². The molecule has 0 aliphatic carbocycles. The number of fused-ring (bicyclic) bond motifs is 1. The summed E-state index contributed by atoms with van der Waals surface area (Å²) in [5.74, 6) is 0. The lowest BCUT2D eigenvalue weighted by molar-refractivity contribution is 1.13. The van der Waals surface area contributed by atoms with Gasteiger partial charge in [0.25, 0.3) is 0 Å². The summed E-state index contributed by atoms with van der Waals surface area (Å²) in [5, 5.41) is 6.52. The van der Waals surface area contributed by atoms with Gasteiger partial charge in [0.05, 0.1) is 4.88 Å². The number of nitrogens with zero attached hydrogens (tertiary/aromatic N) is 2. The zero-order chi connectivity index (χ0) is 17.2. The van der Waals surface area contributed by atoms with Crippen LogP contribution in [0.5, 0.6) is 0 Å². The van der Waals surface area contributed by atoms with E-state index in [2.05, 4.69) is 26.3 Å². The molecule has 126 valence electrons. The largest absolute Gasteiger partial charge is 0.357 e. The second-order valence-corrected chi connectivity index (χ2v) is 7.48. The fourth-order valence-electron chi connectivity index (χ4n) is 2.63. The summed E-state index contributed by atoms with van der Waals surface area (Å²) in [5.41, 5.74) is 3.19. The van der Waals surface area contributed by atoms with E-state index in [0.717, 1.165) is 43.6 Å². The van der Waals surface area contributed by atoms with Crippen molar-refractivity contribution in [2.24, 2.45) is 0 Å². The highest BCUT2D eigenvalue weighted by atomic mass is 35.5. The summed E-state index contributed by atoms with van der Waals surface area (Å²) in [6.45, 7) is 0.678. The lowest BCUT2D eigenvalue weighted by Crippen LogP contribution is -1.98. The molecule has 1 aromatic carbocycles. The van der Waals surface area contributed by atoms with Gasteiger partial charge in [0.15, 0.2) is 5.13 Å². The van der Waals surface area contributed by atoms with Gasteiger partial charge in [0, 0.05) is 35.8 Å². The fourth-order valence-corrected chi connectivity index (χ4v) is 3.94. The molecular formula is C18H14Cl2N4S. The second-order valence-electron chi connectivity index (χ2n) is 5.60. The first-order valence-corrected chi connectivity index (χ1v) is 9.31. The Kier molecular flexibility index (Phi) is 4.61. The molecule has 0 spiro atoms. The van der Waals surface area contributed by atoms with E-state index in [9.17, 15) is 0 Å². The third-order valence-electron chi connectivity index (χ3n) is 3.89. The van der Waals surface area contributed by atoms with Crippen molar-refractivity contribution in [3.8, 4) is 0 Å². The van der Waals surface area contributed by atoms with Crippen molar-refractivity contribution in [1.82, 2.24) is 15.0 Å². The third kappa shape index (κ3) is 3.63. The summed E-state index contributed by atoms with van der Waals surface area (Å²) in [6.07, 6.45) is 4.49. The lowest BCUT2D eigenvalue weighted by atomic mass is 10.1. The van der Waals surface area contributed by atoms with Gasteiger partial charge in [-0.3, -0.25) is 0 Å². The van der Waals surface area contributed by atoms with Crippen LogP contribution in [-0.4, -0.2) is 15.0 Å². The van der Waals surface area contributed by atoms with Gasteiger partial charge in [-0.25, -0.2) is 9.97 Å². The fraction of sp³-hybridized carbons (Fsp3) is 0.111. The summed E-state index contributed by atoms with van der Waals surface area (Å²) >= 11 is 13.8. The molecule has 4 rings (SSSR count). The highest BCUT2D eigenvalue weighted by molar-refractivity contribution is 7.16. The monoisotopic (exact) mass is 388 g/mol. The van der Waals surface area contributed by atoms with Crippen LogP contribution in [0.4, 0.5) is 5.13 Å². The molecule has 3 aromatic heterocycles. The first-order valence-electron chi connectivity index (χ1n) is 7.73. The molecule has 4 aromatic rings. The van der Waals surface area contributed by atoms with E-state index >= 15 is 0 Å². The Morgan fingerprint density at radius 2 is 1.96 bits per heavy atom. The van der Waals surface area contributed by atoms with Gasteiger partial charge >= 0.3 is 0 Å². The number of anilines is 1. The minimum atomic E-state index is 0.543. The van der Waals surface area contributed by atoms with Crippen LogP contribution in [0, 0.1) is 0 Å². The number of nitrogens with one attached hydrogen (secondary N) is 2. The van der Waals surface area contributed by atoms with Crippen molar-refractivity contribution in [3.63, 3.8) is 0 Å². The second kappa shape index (κ2) is 7.04. The number of halogens is 2. The number of hydrogen-bond acceptors (Lipinski definition) is 4. The molecule has 4 nitrogen and oxygen atoms in total. The lowest BCUT2D eigenvalue weighted by Gasteiger charge is -2.02. The molecule has 0 atom stereocenters. The van der Waals surface area contributed by atoms with Crippen molar-refractivity contribution in [1.29, 1.82) is 0 Å². The average Bonchev–Trinajstić information content (AvgIpc) is 3.19. The highest BCUT2D eigenvalue weighted by Crippen LogP contribution is 2.31. The van der Waals surface area contributed by atoms with Crippen LogP contribution in [-0.2, 0) is 13.0 Å². The topological polar surface area (TPSA) is 53.6 Å². The van der Waals surface area contributed by atoms with Gasteiger partial charge in [-0.2, -0.15) is 0 Å². The van der Waals surface area contributed by atoms with Crippen LogP contribution in [0.2, 0.25) is 10.2 Å². The summed E-state index contributed by atoms with van der Waals surface area (Å²) in [6, 6.07) is 11.7. The summed E-state index contributed by atoms with van der Waals surface area (Å²) < 4.78 is 0. The number of H-pyrrole nitrogens is 1. The maximum atomic E-state index is 6.33. The Hall–Kier alpha value is -2.08. The van der Waals surface area contributed by atoms with Crippen molar-refractivity contribution < 1.29 is 0 Å². The molecule has 0 unspecified atom stereocenters. The van der Waals surface area contributed by atoms with Gasteiger partial charge in [0.1, 0.15) is 10.8 Å². The van der Waals surface area contributed by atoms with E-state index in [0.29, 0.717) is 11.7 Å². The SMILES string of the molecule is Clc1ccc(CNc2nc(Cl)c(Cc3c[nH]c4ncccc34)s2)cc1. The Balaban J connectivity index is 1.49. The summed E-state index contributed by atoms with van der Waals surface area (Å²) in [4.78, 5) is 13.0. The maximum absolute atomic E-state index is 6.33. The van der Waals surface area contributed by atoms with Crippen LogP contribution >= 0.6 is 34.5 Å². The Bertz CT molecular complexity index is 1010. The van der Waals surface area contributed by atoms with E-state index in [4.69, 9.17) is 23.2 Å². The molecule has 0 radical (unpaired) electrons. The molecule has 0 fully saturated rings. The number of hydrogen-bond donors (Lipinski definition) is 2. The Morgan fingerprint density at radius 3 is 2.80 bits per heavy atom. The molecule has 0 aliphatic heterocycles. The number of thiazole rings is 1. The van der Waals surface area contributed by atoms with Crippen LogP contribution in [0.3, 0.4) is 0 Å². The highest BCUT2D eigenvalue weighted by Gasteiger charge is 2.12. The van der Waals surface area contributed by atoms with E-state index < -0.39 is 0 Å².